The molecular formula is C14H13NO4S. The molecule has 2 aromatic rings. The highest BCUT2D eigenvalue weighted by molar-refractivity contribution is 7.15. The van der Waals surface area contributed by atoms with Gasteiger partial charge >= 0.3 is 5.97 Å². The highest BCUT2D eigenvalue weighted by Gasteiger charge is 2.33. The minimum absolute atomic E-state index is 0.0483. The van der Waals surface area contributed by atoms with Crippen LogP contribution >= 0.6 is 11.3 Å². The van der Waals surface area contributed by atoms with Gasteiger partial charge in [-0.05, 0) is 37.1 Å². The maximum atomic E-state index is 12.5. The van der Waals surface area contributed by atoms with Crippen molar-refractivity contribution in [2.24, 2.45) is 0 Å². The summed E-state index contributed by atoms with van der Waals surface area (Å²) in [5.74, 6) is -0.342. The van der Waals surface area contributed by atoms with Crippen molar-refractivity contribution in [2.75, 3.05) is 6.54 Å². The molecule has 0 saturated carbocycles. The molecule has 0 spiro atoms. The number of nitrogens with zero attached hydrogens (tertiary/aromatic N) is 1. The second-order valence-corrected chi connectivity index (χ2v) is 5.72. The van der Waals surface area contributed by atoms with Gasteiger partial charge in [-0.15, -0.1) is 11.3 Å². The van der Waals surface area contributed by atoms with Crippen molar-refractivity contribution in [3.05, 3.63) is 46.0 Å². The molecule has 1 aliphatic rings. The molecule has 1 atom stereocenters. The maximum Gasteiger partial charge on any atom is 0.345 e. The Hall–Kier alpha value is -2.08. The van der Waals surface area contributed by atoms with Crippen LogP contribution in [0, 0.1) is 0 Å². The van der Waals surface area contributed by atoms with Gasteiger partial charge in [0, 0.05) is 6.54 Å². The van der Waals surface area contributed by atoms with E-state index in [4.69, 9.17) is 9.52 Å². The smallest absolute Gasteiger partial charge is 0.345 e. The third-order valence-electron chi connectivity index (χ3n) is 3.41. The number of carboxylic acid groups (broad SMARTS) is 1. The first-order valence-corrected chi connectivity index (χ1v) is 7.16. The first kappa shape index (κ1) is 12.9. The van der Waals surface area contributed by atoms with Crippen molar-refractivity contribution in [3.8, 4) is 0 Å². The summed E-state index contributed by atoms with van der Waals surface area (Å²) in [6.07, 6.45) is 3.40. The van der Waals surface area contributed by atoms with Crippen LogP contribution in [-0.2, 0) is 0 Å². The fourth-order valence-electron chi connectivity index (χ4n) is 2.50. The van der Waals surface area contributed by atoms with Crippen LogP contribution in [0.5, 0.6) is 0 Å². The van der Waals surface area contributed by atoms with E-state index in [1.807, 2.05) is 12.1 Å². The Morgan fingerprint density at radius 1 is 1.30 bits per heavy atom. The highest BCUT2D eigenvalue weighted by Crippen LogP contribution is 2.34. The fourth-order valence-corrected chi connectivity index (χ4v) is 3.30. The molecule has 0 bridgehead atoms. The number of hydrogen-bond donors (Lipinski definition) is 1. The van der Waals surface area contributed by atoms with E-state index in [0.717, 1.165) is 29.9 Å². The number of carbonyl (C=O) groups is 2. The predicted octanol–water partition coefficient (Wildman–Crippen LogP) is 3.02. The number of amides is 1. The van der Waals surface area contributed by atoms with Crippen LogP contribution < -0.4 is 0 Å². The molecule has 20 heavy (non-hydrogen) atoms. The third-order valence-corrected chi connectivity index (χ3v) is 4.47. The molecule has 0 unspecified atom stereocenters. The van der Waals surface area contributed by atoms with Crippen LogP contribution in [0.2, 0.25) is 0 Å². The first-order valence-electron chi connectivity index (χ1n) is 6.34. The van der Waals surface area contributed by atoms with Crippen LogP contribution in [0.3, 0.4) is 0 Å². The molecule has 1 fully saturated rings. The molecule has 1 aliphatic heterocycles. The molecule has 0 radical (unpaired) electrons. The Bertz CT molecular complexity index is 631. The average molecular weight is 291 g/mol. The fraction of sp³-hybridized carbons (Fsp3) is 0.286. The SMILES string of the molecule is O=C(O)c1ccc(C(=O)N2CCC[C@H]2c2ccco2)s1. The van der Waals surface area contributed by atoms with Gasteiger partial charge in [-0.2, -0.15) is 0 Å². The summed E-state index contributed by atoms with van der Waals surface area (Å²) < 4.78 is 5.39. The second kappa shape index (κ2) is 5.13. The van der Waals surface area contributed by atoms with Crippen molar-refractivity contribution in [2.45, 2.75) is 18.9 Å². The summed E-state index contributed by atoms with van der Waals surface area (Å²) in [6.45, 7) is 0.671. The minimum Gasteiger partial charge on any atom is -0.477 e. The van der Waals surface area contributed by atoms with E-state index in [2.05, 4.69) is 0 Å². The van der Waals surface area contributed by atoms with E-state index in [0.29, 0.717) is 11.4 Å². The van der Waals surface area contributed by atoms with Crippen molar-refractivity contribution < 1.29 is 19.1 Å². The van der Waals surface area contributed by atoms with Gasteiger partial charge in [-0.25, -0.2) is 4.79 Å². The zero-order valence-electron chi connectivity index (χ0n) is 10.6. The standard InChI is InChI=1S/C14H13NO4S/c16-13(11-5-6-12(20-11)14(17)18)15-7-1-3-9(15)10-4-2-8-19-10/h2,4-6,8-9H,1,3,7H2,(H,17,18)/t9-/m0/s1. The molecule has 1 amide bonds. The number of likely N-dealkylation sites (tertiary alicyclic amines) is 1. The molecule has 104 valence electrons. The second-order valence-electron chi connectivity index (χ2n) is 4.64. The largest absolute Gasteiger partial charge is 0.477 e. The molecule has 2 aromatic heterocycles. The van der Waals surface area contributed by atoms with E-state index in [-0.39, 0.29) is 16.8 Å². The number of furan rings is 1. The lowest BCUT2D eigenvalue weighted by atomic mass is 10.1. The number of thiophene rings is 1. The van der Waals surface area contributed by atoms with Gasteiger partial charge in [-0.3, -0.25) is 4.79 Å². The van der Waals surface area contributed by atoms with Gasteiger partial charge in [0.1, 0.15) is 10.6 Å². The Balaban J connectivity index is 1.83. The highest BCUT2D eigenvalue weighted by atomic mass is 32.1. The van der Waals surface area contributed by atoms with Gasteiger partial charge in [0.25, 0.3) is 5.91 Å². The molecule has 0 aliphatic carbocycles. The van der Waals surface area contributed by atoms with Crippen molar-refractivity contribution in [1.29, 1.82) is 0 Å². The Morgan fingerprint density at radius 3 is 2.75 bits per heavy atom. The van der Waals surface area contributed by atoms with Crippen LogP contribution in [0.4, 0.5) is 0 Å². The number of carbonyl (C=O) groups excluding carboxylic acids is 1. The molecule has 1 saturated heterocycles. The number of carboxylic acids is 1. The maximum absolute atomic E-state index is 12.5. The van der Waals surface area contributed by atoms with Crippen molar-refractivity contribution in [1.82, 2.24) is 4.90 Å². The Labute approximate surface area is 119 Å². The van der Waals surface area contributed by atoms with Gasteiger partial charge in [-0.1, -0.05) is 0 Å². The van der Waals surface area contributed by atoms with Crippen LogP contribution in [0.15, 0.2) is 34.9 Å². The number of aromatic carboxylic acids is 1. The van der Waals surface area contributed by atoms with Crippen molar-refractivity contribution in [3.63, 3.8) is 0 Å². The third kappa shape index (κ3) is 2.22. The summed E-state index contributed by atoms with van der Waals surface area (Å²) in [6, 6.07) is 6.68. The van der Waals surface area contributed by atoms with Gasteiger partial charge < -0.3 is 14.4 Å². The number of rotatable bonds is 3. The Kier molecular flexibility index (Phi) is 3.31. The molecule has 6 heteroatoms. The predicted molar refractivity (Wildman–Crippen MR) is 73.0 cm³/mol. The quantitative estimate of drug-likeness (QED) is 0.943. The van der Waals surface area contributed by atoms with E-state index in [1.54, 1.807) is 17.2 Å². The van der Waals surface area contributed by atoms with E-state index < -0.39 is 5.97 Å². The summed E-state index contributed by atoms with van der Waals surface area (Å²) >= 11 is 1.01. The van der Waals surface area contributed by atoms with Gasteiger partial charge in [0.15, 0.2) is 0 Å². The van der Waals surface area contributed by atoms with Crippen LogP contribution in [-0.4, -0.2) is 28.4 Å². The summed E-state index contributed by atoms with van der Waals surface area (Å²) in [5.41, 5.74) is 0. The monoisotopic (exact) mass is 291 g/mol. The van der Waals surface area contributed by atoms with Crippen LogP contribution in [0.1, 0.15) is 44.0 Å². The minimum atomic E-state index is -1.00. The summed E-state index contributed by atoms with van der Waals surface area (Å²) in [5, 5.41) is 8.92. The lowest BCUT2D eigenvalue weighted by Crippen LogP contribution is -2.29. The first-order chi connectivity index (χ1) is 9.66. The average Bonchev–Trinajstić information content (AvgIpc) is 3.17. The zero-order chi connectivity index (χ0) is 14.1. The van der Waals surface area contributed by atoms with Crippen LogP contribution in [0.25, 0.3) is 0 Å². The molecule has 3 rings (SSSR count). The van der Waals surface area contributed by atoms with Gasteiger partial charge in [0.05, 0.1) is 17.2 Å². The normalized spacial score (nSPS) is 18.4. The zero-order valence-corrected chi connectivity index (χ0v) is 11.4. The summed E-state index contributed by atoms with van der Waals surface area (Å²) in [7, 11) is 0. The molecular weight excluding hydrogens is 278 g/mol. The topological polar surface area (TPSA) is 70.8 Å². The lowest BCUT2D eigenvalue weighted by molar-refractivity contribution is 0.0700. The van der Waals surface area contributed by atoms with E-state index in [1.165, 1.54) is 6.07 Å². The van der Waals surface area contributed by atoms with Crippen molar-refractivity contribution >= 4 is 23.2 Å². The molecule has 1 N–H and O–H groups in total. The Morgan fingerprint density at radius 2 is 2.10 bits per heavy atom. The van der Waals surface area contributed by atoms with Gasteiger partial charge in [0.2, 0.25) is 0 Å². The van der Waals surface area contributed by atoms with E-state index in [9.17, 15) is 9.59 Å². The number of hydrogen-bond acceptors (Lipinski definition) is 4. The molecule has 0 aromatic carbocycles. The molecule has 5 nitrogen and oxygen atoms in total. The summed E-state index contributed by atoms with van der Waals surface area (Å²) in [4.78, 5) is 25.8. The van der Waals surface area contributed by atoms with E-state index >= 15 is 0 Å². The molecule has 3 heterocycles. The lowest BCUT2D eigenvalue weighted by Gasteiger charge is -2.22.